The van der Waals surface area contributed by atoms with E-state index in [1.54, 1.807) is 0 Å². The number of ether oxygens (including phenoxy) is 1. The molecule has 0 amide bonds. The molecule has 154 valence electrons. The molecule has 2 heterocycles. The monoisotopic (exact) mass is 480 g/mol. The van der Waals surface area contributed by atoms with E-state index in [1.165, 1.54) is 45.1 Å². The summed E-state index contributed by atoms with van der Waals surface area (Å²) in [7, 11) is 0. The summed E-state index contributed by atoms with van der Waals surface area (Å²) >= 11 is 0. The van der Waals surface area contributed by atoms with Gasteiger partial charge in [-0.15, -0.1) is 24.0 Å². The average Bonchev–Trinajstić information content (AvgIpc) is 2.61. The van der Waals surface area contributed by atoms with E-state index in [1.807, 2.05) is 0 Å². The van der Waals surface area contributed by atoms with Crippen LogP contribution >= 0.6 is 24.0 Å². The molecule has 2 fully saturated rings. The van der Waals surface area contributed by atoms with E-state index >= 15 is 0 Å². The fraction of sp³-hybridized carbons (Fsp3) is 0.950. The molecule has 2 aliphatic heterocycles. The fourth-order valence-electron chi connectivity index (χ4n) is 4.19. The van der Waals surface area contributed by atoms with Gasteiger partial charge in [0.05, 0.1) is 13.2 Å². The van der Waals surface area contributed by atoms with E-state index in [0.29, 0.717) is 5.41 Å². The highest BCUT2D eigenvalue weighted by atomic mass is 127. The van der Waals surface area contributed by atoms with Gasteiger partial charge in [-0.1, -0.05) is 20.3 Å². The van der Waals surface area contributed by atoms with Crippen molar-refractivity contribution in [3.05, 3.63) is 0 Å². The third-order valence-electron chi connectivity index (χ3n) is 5.52. The molecule has 0 aromatic rings. The van der Waals surface area contributed by atoms with Gasteiger partial charge in [0.25, 0.3) is 0 Å². The quantitative estimate of drug-likeness (QED) is 0.250. The first-order valence-corrected chi connectivity index (χ1v) is 10.5. The van der Waals surface area contributed by atoms with E-state index in [2.05, 4.69) is 35.9 Å². The van der Waals surface area contributed by atoms with Crippen LogP contribution in [-0.4, -0.2) is 74.8 Å². The maximum absolute atomic E-state index is 5.41. The Morgan fingerprint density at radius 1 is 1.15 bits per heavy atom. The molecule has 2 saturated heterocycles. The highest BCUT2D eigenvalue weighted by Crippen LogP contribution is 2.33. The first kappa shape index (κ1) is 24.0. The molecule has 1 N–H and O–H groups in total. The van der Waals surface area contributed by atoms with E-state index < -0.39 is 0 Å². The molecule has 2 rings (SSSR count). The van der Waals surface area contributed by atoms with Crippen LogP contribution in [-0.2, 0) is 4.74 Å². The number of aliphatic imine (C=N–C) groups is 1. The summed E-state index contributed by atoms with van der Waals surface area (Å²) in [4.78, 5) is 9.95. The van der Waals surface area contributed by atoms with Crippen molar-refractivity contribution in [2.75, 3.05) is 59.0 Å². The van der Waals surface area contributed by atoms with Gasteiger partial charge in [-0.25, -0.2) is 0 Å². The number of hydrogen-bond acceptors (Lipinski definition) is 3. The second-order valence-electron chi connectivity index (χ2n) is 7.98. The Morgan fingerprint density at radius 3 is 2.62 bits per heavy atom. The predicted octanol–water partition coefficient (Wildman–Crippen LogP) is 3.58. The number of guanidine groups is 1. The number of halogens is 1. The lowest BCUT2D eigenvalue weighted by Crippen LogP contribution is -2.49. The van der Waals surface area contributed by atoms with Crippen LogP contribution in [0.5, 0.6) is 0 Å². The second-order valence-corrected chi connectivity index (χ2v) is 7.98. The first-order valence-electron chi connectivity index (χ1n) is 10.5. The van der Waals surface area contributed by atoms with Crippen molar-refractivity contribution < 1.29 is 4.74 Å². The van der Waals surface area contributed by atoms with Crippen molar-refractivity contribution in [3.8, 4) is 0 Å². The largest absolute Gasteiger partial charge is 0.379 e. The molecule has 0 saturated carbocycles. The highest BCUT2D eigenvalue weighted by Gasteiger charge is 2.31. The van der Waals surface area contributed by atoms with Crippen molar-refractivity contribution in [3.63, 3.8) is 0 Å². The van der Waals surface area contributed by atoms with Crippen LogP contribution in [0.3, 0.4) is 0 Å². The number of rotatable bonds is 8. The molecule has 0 spiro atoms. The SMILES string of the molecule is CCCC1(C)CCCN(C(=NCCCCN2CCOCC2)NCC)C1.I. The third-order valence-corrected chi connectivity index (χ3v) is 5.52. The minimum Gasteiger partial charge on any atom is -0.379 e. The van der Waals surface area contributed by atoms with Gasteiger partial charge >= 0.3 is 0 Å². The summed E-state index contributed by atoms with van der Waals surface area (Å²) in [5, 5.41) is 3.52. The molecular weight excluding hydrogens is 439 g/mol. The van der Waals surface area contributed by atoms with Crippen molar-refractivity contribution >= 4 is 29.9 Å². The molecule has 0 bridgehead atoms. The lowest BCUT2D eigenvalue weighted by Gasteiger charge is -2.42. The van der Waals surface area contributed by atoms with Crippen LogP contribution in [0.25, 0.3) is 0 Å². The second kappa shape index (κ2) is 13.2. The Labute approximate surface area is 178 Å². The Kier molecular flexibility index (Phi) is 12.1. The molecular formula is C20H41IN4O. The van der Waals surface area contributed by atoms with E-state index in [9.17, 15) is 0 Å². The molecule has 5 nitrogen and oxygen atoms in total. The van der Waals surface area contributed by atoms with Crippen LogP contribution in [0.15, 0.2) is 4.99 Å². The van der Waals surface area contributed by atoms with Gasteiger partial charge in [0.1, 0.15) is 0 Å². The summed E-state index contributed by atoms with van der Waals surface area (Å²) in [6.45, 7) is 16.3. The van der Waals surface area contributed by atoms with Crippen molar-refractivity contribution in [2.24, 2.45) is 10.4 Å². The van der Waals surface area contributed by atoms with Gasteiger partial charge in [0.2, 0.25) is 0 Å². The van der Waals surface area contributed by atoms with Crippen LogP contribution < -0.4 is 5.32 Å². The molecule has 1 unspecified atom stereocenters. The van der Waals surface area contributed by atoms with Gasteiger partial charge in [-0.2, -0.15) is 0 Å². The Bertz CT molecular complexity index is 397. The average molecular weight is 480 g/mol. The number of nitrogens with zero attached hydrogens (tertiary/aromatic N) is 3. The van der Waals surface area contributed by atoms with Gasteiger partial charge in [0, 0.05) is 39.3 Å². The summed E-state index contributed by atoms with van der Waals surface area (Å²) < 4.78 is 5.41. The van der Waals surface area contributed by atoms with Crippen LogP contribution in [0.2, 0.25) is 0 Å². The van der Waals surface area contributed by atoms with Crippen molar-refractivity contribution in [1.82, 2.24) is 15.1 Å². The minimum absolute atomic E-state index is 0. The molecule has 26 heavy (non-hydrogen) atoms. The first-order chi connectivity index (χ1) is 12.2. The predicted molar refractivity (Wildman–Crippen MR) is 122 cm³/mol. The number of piperidine rings is 1. The molecule has 0 radical (unpaired) electrons. The van der Waals surface area contributed by atoms with Gasteiger partial charge in [0.15, 0.2) is 5.96 Å². The number of likely N-dealkylation sites (tertiary alicyclic amines) is 1. The lowest BCUT2D eigenvalue weighted by atomic mass is 9.78. The van der Waals surface area contributed by atoms with Crippen molar-refractivity contribution in [1.29, 1.82) is 0 Å². The zero-order valence-corrected chi connectivity index (χ0v) is 19.6. The third kappa shape index (κ3) is 8.30. The summed E-state index contributed by atoms with van der Waals surface area (Å²) in [5.41, 5.74) is 0.458. The summed E-state index contributed by atoms with van der Waals surface area (Å²) in [6.07, 6.45) is 7.65. The number of unbranched alkanes of at least 4 members (excludes halogenated alkanes) is 1. The number of morpholine rings is 1. The van der Waals surface area contributed by atoms with E-state index in [-0.39, 0.29) is 24.0 Å². The van der Waals surface area contributed by atoms with Crippen LogP contribution in [0.1, 0.15) is 59.3 Å². The zero-order chi connectivity index (χ0) is 18.0. The molecule has 0 aromatic carbocycles. The standard InChI is InChI=1S/C20H40N4O.HI/c1-4-9-20(3)10-8-13-24(18-20)19(21-5-2)22-11-6-7-12-23-14-16-25-17-15-23;/h4-18H2,1-3H3,(H,21,22);1H. The molecule has 6 heteroatoms. The van der Waals surface area contributed by atoms with Gasteiger partial charge in [-0.05, 0) is 51.0 Å². The number of hydrogen-bond donors (Lipinski definition) is 1. The van der Waals surface area contributed by atoms with E-state index in [4.69, 9.17) is 9.73 Å². The highest BCUT2D eigenvalue weighted by molar-refractivity contribution is 14.0. The molecule has 0 aliphatic carbocycles. The Morgan fingerprint density at radius 2 is 1.92 bits per heavy atom. The maximum Gasteiger partial charge on any atom is 0.193 e. The Balaban J connectivity index is 0.00000338. The van der Waals surface area contributed by atoms with Crippen molar-refractivity contribution in [2.45, 2.75) is 59.3 Å². The van der Waals surface area contributed by atoms with Gasteiger partial charge < -0.3 is 15.0 Å². The lowest BCUT2D eigenvalue weighted by molar-refractivity contribution is 0.0373. The molecule has 0 aromatic heterocycles. The normalized spacial score (nSPS) is 25.0. The minimum atomic E-state index is 0. The molecule has 1 atom stereocenters. The van der Waals surface area contributed by atoms with Gasteiger partial charge in [-0.3, -0.25) is 9.89 Å². The van der Waals surface area contributed by atoms with Crippen LogP contribution in [0.4, 0.5) is 0 Å². The number of nitrogens with one attached hydrogen (secondary N) is 1. The smallest absolute Gasteiger partial charge is 0.193 e. The fourth-order valence-corrected chi connectivity index (χ4v) is 4.19. The van der Waals surface area contributed by atoms with Crippen LogP contribution in [0, 0.1) is 5.41 Å². The Hall–Kier alpha value is -0.0800. The summed E-state index contributed by atoms with van der Waals surface area (Å²) in [6, 6.07) is 0. The topological polar surface area (TPSA) is 40.1 Å². The summed E-state index contributed by atoms with van der Waals surface area (Å²) in [5.74, 6) is 1.14. The molecule has 2 aliphatic rings. The maximum atomic E-state index is 5.41. The zero-order valence-electron chi connectivity index (χ0n) is 17.3. The van der Waals surface area contributed by atoms with E-state index in [0.717, 1.165) is 58.4 Å².